The minimum absolute atomic E-state index is 0.242. The van der Waals surface area contributed by atoms with Gasteiger partial charge in [0.15, 0.2) is 0 Å². The highest BCUT2D eigenvalue weighted by atomic mass is 19.1. The standard InChI is InChI=1S/C19H16FNO2/c1-12-4-3-5-16(10-12)21-13(2)17(19(22)23)11-18(21)14-6-8-15(20)9-7-14/h3-11H,1-2H3,(H,22,23). The normalized spacial score (nSPS) is 10.7. The molecule has 1 N–H and O–H groups in total. The Morgan fingerprint density at radius 1 is 1.04 bits per heavy atom. The van der Waals surface area contributed by atoms with Gasteiger partial charge in [-0.3, -0.25) is 0 Å². The maximum absolute atomic E-state index is 13.2. The third-order valence-corrected chi connectivity index (χ3v) is 3.88. The molecule has 0 aliphatic rings. The summed E-state index contributed by atoms with van der Waals surface area (Å²) in [7, 11) is 0. The van der Waals surface area contributed by atoms with Crippen LogP contribution in [0.15, 0.2) is 54.6 Å². The molecule has 0 radical (unpaired) electrons. The highest BCUT2D eigenvalue weighted by molar-refractivity contribution is 5.91. The largest absolute Gasteiger partial charge is 0.478 e. The molecule has 0 unspecified atom stereocenters. The Morgan fingerprint density at radius 3 is 2.35 bits per heavy atom. The smallest absolute Gasteiger partial charge is 0.337 e. The van der Waals surface area contributed by atoms with Crippen molar-refractivity contribution in [3.05, 3.63) is 77.2 Å². The molecule has 0 spiro atoms. The number of carboxylic acids is 1. The van der Waals surface area contributed by atoms with Crippen LogP contribution in [-0.4, -0.2) is 15.6 Å². The van der Waals surface area contributed by atoms with Gasteiger partial charge in [-0.2, -0.15) is 0 Å². The number of rotatable bonds is 3. The number of hydrogen-bond donors (Lipinski definition) is 1. The van der Waals surface area contributed by atoms with Crippen LogP contribution in [0.4, 0.5) is 4.39 Å². The van der Waals surface area contributed by atoms with E-state index in [-0.39, 0.29) is 11.4 Å². The lowest BCUT2D eigenvalue weighted by molar-refractivity contribution is 0.0696. The van der Waals surface area contributed by atoms with Gasteiger partial charge in [-0.05, 0) is 67.4 Å². The molecular formula is C19H16FNO2. The summed E-state index contributed by atoms with van der Waals surface area (Å²) in [6.45, 7) is 3.76. The van der Waals surface area contributed by atoms with Crippen LogP contribution in [0, 0.1) is 19.7 Å². The summed E-state index contributed by atoms with van der Waals surface area (Å²) in [5.74, 6) is -1.30. The van der Waals surface area contributed by atoms with Gasteiger partial charge in [-0.25, -0.2) is 9.18 Å². The highest BCUT2D eigenvalue weighted by Crippen LogP contribution is 2.30. The van der Waals surface area contributed by atoms with E-state index in [9.17, 15) is 14.3 Å². The van der Waals surface area contributed by atoms with Crippen LogP contribution in [-0.2, 0) is 0 Å². The summed E-state index contributed by atoms with van der Waals surface area (Å²) in [6.07, 6.45) is 0. The predicted molar refractivity (Wildman–Crippen MR) is 87.6 cm³/mol. The molecule has 0 saturated heterocycles. The fraction of sp³-hybridized carbons (Fsp3) is 0.105. The minimum Gasteiger partial charge on any atom is -0.478 e. The third kappa shape index (κ3) is 2.75. The second-order valence-electron chi connectivity index (χ2n) is 5.52. The number of aryl methyl sites for hydroxylation is 1. The van der Waals surface area contributed by atoms with Crippen molar-refractivity contribution in [3.8, 4) is 16.9 Å². The maximum Gasteiger partial charge on any atom is 0.337 e. The fourth-order valence-corrected chi connectivity index (χ4v) is 2.76. The van der Waals surface area contributed by atoms with Crippen LogP contribution < -0.4 is 0 Å². The van der Waals surface area contributed by atoms with Gasteiger partial charge in [0.2, 0.25) is 0 Å². The van der Waals surface area contributed by atoms with Crippen molar-refractivity contribution in [2.45, 2.75) is 13.8 Å². The molecule has 3 nitrogen and oxygen atoms in total. The SMILES string of the molecule is Cc1cccc(-n2c(-c3ccc(F)cc3)cc(C(=O)O)c2C)c1. The molecule has 0 saturated carbocycles. The van der Waals surface area contributed by atoms with Gasteiger partial charge in [0.25, 0.3) is 0 Å². The van der Waals surface area contributed by atoms with Crippen molar-refractivity contribution >= 4 is 5.97 Å². The van der Waals surface area contributed by atoms with Crippen LogP contribution in [0.3, 0.4) is 0 Å². The number of hydrogen-bond acceptors (Lipinski definition) is 1. The van der Waals surface area contributed by atoms with Gasteiger partial charge in [0, 0.05) is 11.4 Å². The van der Waals surface area contributed by atoms with Gasteiger partial charge >= 0.3 is 5.97 Å². The Labute approximate surface area is 133 Å². The molecule has 0 aliphatic heterocycles. The zero-order valence-electron chi connectivity index (χ0n) is 12.9. The molecule has 2 aromatic carbocycles. The first-order chi connectivity index (χ1) is 11.0. The van der Waals surface area contributed by atoms with Crippen LogP contribution in [0.1, 0.15) is 21.6 Å². The molecule has 1 heterocycles. The van der Waals surface area contributed by atoms with E-state index in [1.54, 1.807) is 25.1 Å². The molecule has 1 aromatic heterocycles. The van der Waals surface area contributed by atoms with E-state index in [0.29, 0.717) is 5.69 Å². The Kier molecular flexibility index (Phi) is 3.74. The second kappa shape index (κ2) is 5.72. The lowest BCUT2D eigenvalue weighted by Gasteiger charge is -2.13. The van der Waals surface area contributed by atoms with E-state index >= 15 is 0 Å². The topological polar surface area (TPSA) is 42.2 Å². The summed E-state index contributed by atoms with van der Waals surface area (Å²) >= 11 is 0. The molecule has 3 aromatic rings. The van der Waals surface area contributed by atoms with Crippen molar-refractivity contribution in [3.63, 3.8) is 0 Å². The van der Waals surface area contributed by atoms with E-state index in [0.717, 1.165) is 22.5 Å². The zero-order valence-corrected chi connectivity index (χ0v) is 12.9. The van der Waals surface area contributed by atoms with Gasteiger partial charge in [0.1, 0.15) is 5.82 Å². The molecule has 116 valence electrons. The summed E-state index contributed by atoms with van der Waals surface area (Å²) < 4.78 is 15.1. The quantitative estimate of drug-likeness (QED) is 0.768. The second-order valence-corrected chi connectivity index (χ2v) is 5.52. The van der Waals surface area contributed by atoms with Gasteiger partial charge < -0.3 is 9.67 Å². The molecule has 0 fully saturated rings. The first-order valence-corrected chi connectivity index (χ1v) is 7.26. The van der Waals surface area contributed by atoms with Crippen LogP contribution in [0.5, 0.6) is 0 Å². The Balaban J connectivity index is 2.28. The van der Waals surface area contributed by atoms with E-state index in [2.05, 4.69) is 0 Å². The molecule has 0 aliphatic carbocycles. The number of aromatic carboxylic acids is 1. The van der Waals surface area contributed by atoms with Crippen LogP contribution in [0.2, 0.25) is 0 Å². The van der Waals surface area contributed by atoms with E-state index < -0.39 is 5.97 Å². The van der Waals surface area contributed by atoms with Crippen LogP contribution >= 0.6 is 0 Å². The Morgan fingerprint density at radius 2 is 1.74 bits per heavy atom. The summed E-state index contributed by atoms with van der Waals surface area (Å²) in [4.78, 5) is 11.5. The van der Waals surface area contributed by atoms with E-state index in [1.165, 1.54) is 12.1 Å². The maximum atomic E-state index is 13.2. The van der Waals surface area contributed by atoms with Gasteiger partial charge in [-0.15, -0.1) is 0 Å². The summed E-state index contributed by atoms with van der Waals surface area (Å²) in [5, 5.41) is 9.42. The van der Waals surface area contributed by atoms with Crippen molar-refractivity contribution in [2.75, 3.05) is 0 Å². The van der Waals surface area contributed by atoms with Crippen LogP contribution in [0.25, 0.3) is 16.9 Å². The minimum atomic E-state index is -0.975. The lowest BCUT2D eigenvalue weighted by Crippen LogP contribution is -2.02. The molecule has 3 rings (SSSR count). The molecule has 23 heavy (non-hydrogen) atoms. The predicted octanol–water partition coefficient (Wildman–Crippen LogP) is 4.60. The van der Waals surface area contributed by atoms with E-state index in [4.69, 9.17) is 0 Å². The van der Waals surface area contributed by atoms with Crippen molar-refractivity contribution in [2.24, 2.45) is 0 Å². The first-order valence-electron chi connectivity index (χ1n) is 7.26. The van der Waals surface area contributed by atoms with E-state index in [1.807, 2.05) is 35.8 Å². The monoisotopic (exact) mass is 309 g/mol. The van der Waals surface area contributed by atoms with Gasteiger partial charge in [0.05, 0.1) is 11.3 Å². The highest BCUT2D eigenvalue weighted by Gasteiger charge is 2.19. The van der Waals surface area contributed by atoms with Crippen molar-refractivity contribution < 1.29 is 14.3 Å². The van der Waals surface area contributed by atoms with Gasteiger partial charge in [-0.1, -0.05) is 12.1 Å². The fourth-order valence-electron chi connectivity index (χ4n) is 2.76. The Hall–Kier alpha value is -2.88. The van der Waals surface area contributed by atoms with Crippen molar-refractivity contribution in [1.82, 2.24) is 4.57 Å². The summed E-state index contributed by atoms with van der Waals surface area (Å²) in [6, 6.07) is 15.5. The average molecular weight is 309 g/mol. The molecule has 0 atom stereocenters. The number of carboxylic acid groups (broad SMARTS) is 1. The van der Waals surface area contributed by atoms with Crippen molar-refractivity contribution in [1.29, 1.82) is 0 Å². The Bertz CT molecular complexity index is 879. The first kappa shape index (κ1) is 15.0. The average Bonchev–Trinajstić information content (AvgIpc) is 2.85. The third-order valence-electron chi connectivity index (χ3n) is 3.88. The summed E-state index contributed by atoms with van der Waals surface area (Å²) in [5.41, 5.74) is 4.34. The number of halogens is 1. The molecule has 4 heteroatoms. The number of nitrogens with zero attached hydrogens (tertiary/aromatic N) is 1. The molecule has 0 bridgehead atoms. The molecular weight excluding hydrogens is 293 g/mol. The number of carbonyl (C=O) groups is 1. The zero-order chi connectivity index (χ0) is 16.6. The molecule has 0 amide bonds. The lowest BCUT2D eigenvalue weighted by atomic mass is 10.1. The number of benzene rings is 2. The number of aromatic nitrogens is 1.